The molecule has 2 saturated heterocycles. The van der Waals surface area contributed by atoms with Crippen LogP contribution in [0.2, 0.25) is 0 Å². The van der Waals surface area contributed by atoms with Gasteiger partial charge in [0.05, 0.1) is 13.2 Å². The van der Waals surface area contributed by atoms with Crippen LogP contribution in [0.15, 0.2) is 30.3 Å². The summed E-state index contributed by atoms with van der Waals surface area (Å²) >= 11 is 0. The van der Waals surface area contributed by atoms with Crippen LogP contribution in [0, 0.1) is 0 Å². The van der Waals surface area contributed by atoms with Crippen molar-refractivity contribution in [2.45, 2.75) is 90.0 Å². The first kappa shape index (κ1) is 23.2. The number of benzene rings is 1. The Kier molecular flexibility index (Phi) is 8.25. The van der Waals surface area contributed by atoms with Crippen molar-refractivity contribution in [3.05, 3.63) is 35.9 Å². The summed E-state index contributed by atoms with van der Waals surface area (Å²) in [5, 5.41) is 2.98. The van der Waals surface area contributed by atoms with E-state index in [9.17, 15) is 4.79 Å². The van der Waals surface area contributed by atoms with Gasteiger partial charge in [-0.15, -0.1) is 0 Å². The number of fused-ring (bicyclic) bond motifs is 1. The Morgan fingerprint density at radius 1 is 1.20 bits per heavy atom. The van der Waals surface area contributed by atoms with Crippen LogP contribution >= 0.6 is 0 Å². The highest BCUT2D eigenvalue weighted by Gasteiger charge is 2.52. The summed E-state index contributed by atoms with van der Waals surface area (Å²) in [5.41, 5.74) is 1.03. The van der Waals surface area contributed by atoms with Gasteiger partial charge in [0.25, 0.3) is 0 Å². The minimum absolute atomic E-state index is 0.163. The quantitative estimate of drug-likeness (QED) is 0.618. The van der Waals surface area contributed by atoms with E-state index in [4.69, 9.17) is 23.7 Å². The first-order valence-corrected chi connectivity index (χ1v) is 10.9. The van der Waals surface area contributed by atoms with Crippen molar-refractivity contribution in [2.75, 3.05) is 13.2 Å². The number of rotatable bonds is 9. The molecule has 5 atom stereocenters. The maximum atomic E-state index is 12.0. The minimum atomic E-state index is -0.742. The number of nitrogens with one attached hydrogen (secondary N) is 1. The molecule has 1 aromatic rings. The molecule has 0 bridgehead atoms. The molecule has 30 heavy (non-hydrogen) atoms. The topological polar surface area (TPSA) is 75.3 Å². The summed E-state index contributed by atoms with van der Waals surface area (Å²) in [6, 6.07) is 9.39. The van der Waals surface area contributed by atoms with E-state index in [-0.39, 0.29) is 18.1 Å². The van der Waals surface area contributed by atoms with Crippen molar-refractivity contribution in [1.29, 1.82) is 0 Å². The van der Waals surface area contributed by atoms with E-state index < -0.39 is 24.2 Å². The summed E-state index contributed by atoms with van der Waals surface area (Å²) < 4.78 is 30.6. The summed E-state index contributed by atoms with van der Waals surface area (Å²) in [4.78, 5) is 12.0. The third-order valence-corrected chi connectivity index (χ3v) is 5.35. The second-order valence-corrected chi connectivity index (χ2v) is 8.40. The smallest absolute Gasteiger partial charge is 0.217 e. The van der Waals surface area contributed by atoms with E-state index in [0.717, 1.165) is 24.8 Å². The lowest BCUT2D eigenvalue weighted by Gasteiger charge is -2.51. The van der Waals surface area contributed by atoms with Gasteiger partial charge in [-0.3, -0.25) is 4.79 Å². The van der Waals surface area contributed by atoms with Gasteiger partial charge in [-0.25, -0.2) is 0 Å². The van der Waals surface area contributed by atoms with Crippen LogP contribution in [-0.4, -0.2) is 55.6 Å². The first-order valence-electron chi connectivity index (χ1n) is 10.9. The number of hydrogen-bond acceptors (Lipinski definition) is 6. The fourth-order valence-corrected chi connectivity index (χ4v) is 3.88. The lowest BCUT2D eigenvalue weighted by atomic mass is 9.95. The lowest BCUT2D eigenvalue weighted by molar-refractivity contribution is -0.373. The van der Waals surface area contributed by atoms with E-state index in [1.165, 1.54) is 6.92 Å². The molecule has 1 amide bonds. The highest BCUT2D eigenvalue weighted by molar-refractivity contribution is 5.73. The van der Waals surface area contributed by atoms with E-state index in [0.29, 0.717) is 19.8 Å². The molecule has 2 aliphatic rings. The van der Waals surface area contributed by atoms with Crippen LogP contribution in [0.3, 0.4) is 0 Å². The van der Waals surface area contributed by atoms with E-state index in [1.807, 2.05) is 44.2 Å². The summed E-state index contributed by atoms with van der Waals surface area (Å²) in [6.45, 7) is 8.74. The second kappa shape index (κ2) is 10.7. The Morgan fingerprint density at radius 2 is 1.97 bits per heavy atom. The SMILES string of the molecule is CCCCCOC1C(NC(C)=O)C(OCc2ccccc2)OC2COC(C)(C)OC21. The van der Waals surface area contributed by atoms with Crippen molar-refractivity contribution in [3.63, 3.8) is 0 Å². The molecule has 168 valence electrons. The van der Waals surface area contributed by atoms with E-state index in [1.54, 1.807) is 0 Å². The number of carbonyl (C=O) groups is 1. The predicted molar refractivity (Wildman–Crippen MR) is 112 cm³/mol. The Hall–Kier alpha value is -1.51. The first-order chi connectivity index (χ1) is 14.4. The van der Waals surface area contributed by atoms with E-state index >= 15 is 0 Å². The average Bonchev–Trinajstić information content (AvgIpc) is 2.71. The highest BCUT2D eigenvalue weighted by Crippen LogP contribution is 2.34. The van der Waals surface area contributed by atoms with E-state index in [2.05, 4.69) is 12.2 Å². The lowest BCUT2D eigenvalue weighted by Crippen LogP contribution is -2.69. The molecule has 7 nitrogen and oxygen atoms in total. The Balaban J connectivity index is 1.78. The predicted octanol–water partition coefficient (Wildman–Crippen LogP) is 3.16. The van der Waals surface area contributed by atoms with Crippen LogP contribution in [0.5, 0.6) is 0 Å². The Labute approximate surface area is 179 Å². The molecule has 1 aromatic carbocycles. The summed E-state index contributed by atoms with van der Waals surface area (Å²) in [6.07, 6.45) is 1.40. The van der Waals surface area contributed by atoms with Gasteiger partial charge in [-0.2, -0.15) is 0 Å². The van der Waals surface area contributed by atoms with Gasteiger partial charge in [-0.1, -0.05) is 50.1 Å². The molecule has 0 aromatic heterocycles. The van der Waals surface area contributed by atoms with Crippen molar-refractivity contribution in [3.8, 4) is 0 Å². The minimum Gasteiger partial charge on any atom is -0.373 e. The van der Waals surface area contributed by atoms with Gasteiger partial charge in [0, 0.05) is 13.5 Å². The van der Waals surface area contributed by atoms with Crippen molar-refractivity contribution >= 4 is 5.91 Å². The molecule has 0 saturated carbocycles. The number of hydrogen-bond donors (Lipinski definition) is 1. The molecule has 5 unspecified atom stereocenters. The van der Waals surface area contributed by atoms with Gasteiger partial charge in [0.15, 0.2) is 12.1 Å². The molecule has 2 aliphatic heterocycles. The van der Waals surface area contributed by atoms with Crippen LogP contribution in [0.4, 0.5) is 0 Å². The third-order valence-electron chi connectivity index (χ3n) is 5.35. The monoisotopic (exact) mass is 421 g/mol. The van der Waals surface area contributed by atoms with Crippen LogP contribution in [-0.2, 0) is 35.1 Å². The molecule has 1 N–H and O–H groups in total. The van der Waals surface area contributed by atoms with Gasteiger partial charge in [0.1, 0.15) is 24.4 Å². The van der Waals surface area contributed by atoms with Gasteiger partial charge in [0.2, 0.25) is 5.91 Å². The molecule has 2 heterocycles. The fourth-order valence-electron chi connectivity index (χ4n) is 3.88. The number of unbranched alkanes of at least 4 members (excludes halogenated alkanes) is 2. The van der Waals surface area contributed by atoms with Gasteiger partial charge in [-0.05, 0) is 25.8 Å². The number of carbonyl (C=O) groups excluding carboxylic acids is 1. The highest BCUT2D eigenvalue weighted by atomic mass is 16.8. The largest absolute Gasteiger partial charge is 0.373 e. The zero-order valence-corrected chi connectivity index (χ0v) is 18.5. The molecule has 7 heteroatoms. The van der Waals surface area contributed by atoms with Crippen LogP contribution < -0.4 is 5.32 Å². The molecule has 2 fully saturated rings. The maximum Gasteiger partial charge on any atom is 0.217 e. The molecule has 0 spiro atoms. The molecular formula is C23H35NO6. The zero-order chi connectivity index (χ0) is 21.6. The normalized spacial score (nSPS) is 30.5. The maximum absolute atomic E-state index is 12.0. The van der Waals surface area contributed by atoms with Crippen molar-refractivity contribution in [1.82, 2.24) is 5.32 Å². The Bertz CT molecular complexity index is 667. The third kappa shape index (κ3) is 6.25. The number of ether oxygens (including phenoxy) is 5. The second-order valence-electron chi connectivity index (χ2n) is 8.40. The van der Waals surface area contributed by atoms with Crippen LogP contribution in [0.1, 0.15) is 52.5 Å². The molecule has 3 rings (SSSR count). The summed E-state index contributed by atoms with van der Waals surface area (Å²) in [7, 11) is 0. The average molecular weight is 422 g/mol. The zero-order valence-electron chi connectivity index (χ0n) is 18.5. The summed E-state index contributed by atoms with van der Waals surface area (Å²) in [5.74, 6) is -0.905. The number of amides is 1. The Morgan fingerprint density at radius 3 is 2.67 bits per heavy atom. The molecule has 0 radical (unpaired) electrons. The van der Waals surface area contributed by atoms with Gasteiger partial charge < -0.3 is 29.0 Å². The fraction of sp³-hybridized carbons (Fsp3) is 0.696. The van der Waals surface area contributed by atoms with Gasteiger partial charge >= 0.3 is 0 Å². The van der Waals surface area contributed by atoms with Crippen molar-refractivity contribution in [2.24, 2.45) is 0 Å². The van der Waals surface area contributed by atoms with Crippen molar-refractivity contribution < 1.29 is 28.5 Å². The molecular weight excluding hydrogens is 386 g/mol. The standard InChI is InChI=1S/C23H35NO6/c1-5-6-10-13-26-21-19(24-16(2)25)22(27-14-17-11-8-7-9-12-17)29-18-15-28-23(3,4)30-20(18)21/h7-9,11-12,18-22H,5-6,10,13-15H2,1-4H3,(H,24,25). The molecule has 0 aliphatic carbocycles. The van der Waals surface area contributed by atoms with Crippen LogP contribution in [0.25, 0.3) is 0 Å².